The van der Waals surface area contributed by atoms with Gasteiger partial charge in [0.1, 0.15) is 12.4 Å². The molecule has 1 aliphatic rings. The molecule has 9 heteroatoms. The smallest absolute Gasteiger partial charge is 0.271 e. The van der Waals surface area contributed by atoms with Crippen molar-refractivity contribution in [2.75, 3.05) is 18.6 Å². The first kappa shape index (κ1) is 22.1. The zero-order chi connectivity index (χ0) is 23.5. The fourth-order valence-electron chi connectivity index (χ4n) is 3.73. The Morgan fingerprint density at radius 3 is 2.76 bits per heavy atom. The van der Waals surface area contributed by atoms with Crippen LogP contribution in [0.4, 0.5) is 11.4 Å². The lowest BCUT2D eigenvalue weighted by Gasteiger charge is -2.15. The van der Waals surface area contributed by atoms with Crippen LogP contribution >= 0.6 is 0 Å². The summed E-state index contributed by atoms with van der Waals surface area (Å²) in [5.41, 5.74) is 3.89. The quantitative estimate of drug-likeness (QED) is 0.299. The Labute approximate surface area is 190 Å². The molecule has 0 saturated heterocycles. The number of carbonyl (C=O) groups is 1. The number of aryl methyl sites for hydroxylation is 2. The third-order valence-corrected chi connectivity index (χ3v) is 5.60. The largest absolute Gasteiger partial charge is 0.493 e. The Morgan fingerprint density at radius 2 is 2.06 bits per heavy atom. The van der Waals surface area contributed by atoms with Crippen molar-refractivity contribution in [1.82, 2.24) is 5.16 Å². The van der Waals surface area contributed by atoms with Gasteiger partial charge in [0.15, 0.2) is 11.5 Å². The van der Waals surface area contributed by atoms with Crippen molar-refractivity contribution < 1.29 is 23.7 Å². The molecule has 170 valence electrons. The van der Waals surface area contributed by atoms with Gasteiger partial charge in [0.25, 0.3) is 11.6 Å². The number of ether oxygens (including phenoxy) is 2. The molecule has 0 radical (unpaired) electrons. The van der Waals surface area contributed by atoms with Crippen LogP contribution in [0.25, 0.3) is 6.08 Å². The predicted molar refractivity (Wildman–Crippen MR) is 121 cm³/mol. The standard InChI is InChI=1S/C24H23N3O6/c1-15-20(16(2)33-25-15)14-32-22-8-4-17(12-23(22)31-3)5-9-24(28)26-11-10-18-6-7-19(27(29)30)13-21(18)26/h4-9,12-13H,10-11,14H2,1-3H3/b9-5+. The van der Waals surface area contributed by atoms with Gasteiger partial charge in [-0.15, -0.1) is 0 Å². The fourth-order valence-corrected chi connectivity index (χ4v) is 3.73. The molecule has 0 bridgehead atoms. The second-order valence-corrected chi connectivity index (χ2v) is 7.65. The maximum absolute atomic E-state index is 12.8. The van der Waals surface area contributed by atoms with Crippen LogP contribution in [0.3, 0.4) is 0 Å². The lowest BCUT2D eigenvalue weighted by molar-refractivity contribution is -0.384. The number of anilines is 1. The van der Waals surface area contributed by atoms with Gasteiger partial charge in [0.2, 0.25) is 0 Å². The first-order chi connectivity index (χ1) is 15.9. The summed E-state index contributed by atoms with van der Waals surface area (Å²) in [7, 11) is 1.55. The van der Waals surface area contributed by atoms with Crippen molar-refractivity contribution in [3.8, 4) is 11.5 Å². The molecule has 0 N–H and O–H groups in total. The number of nitrogens with zero attached hydrogens (tertiary/aromatic N) is 3. The highest BCUT2D eigenvalue weighted by atomic mass is 16.6. The predicted octanol–water partition coefficient (Wildman–Crippen LogP) is 4.39. The van der Waals surface area contributed by atoms with E-state index in [0.717, 1.165) is 22.4 Å². The summed E-state index contributed by atoms with van der Waals surface area (Å²) in [5, 5.41) is 15.0. The van der Waals surface area contributed by atoms with E-state index in [-0.39, 0.29) is 11.6 Å². The van der Waals surface area contributed by atoms with Gasteiger partial charge < -0.3 is 18.9 Å². The van der Waals surface area contributed by atoms with E-state index in [2.05, 4.69) is 5.16 Å². The third kappa shape index (κ3) is 4.57. The molecule has 9 nitrogen and oxygen atoms in total. The van der Waals surface area contributed by atoms with E-state index in [1.165, 1.54) is 18.2 Å². The van der Waals surface area contributed by atoms with E-state index in [0.29, 0.717) is 42.5 Å². The van der Waals surface area contributed by atoms with Crippen LogP contribution in [0, 0.1) is 24.0 Å². The Kier molecular flexibility index (Phi) is 6.12. The van der Waals surface area contributed by atoms with Gasteiger partial charge in [0.05, 0.1) is 29.0 Å². The van der Waals surface area contributed by atoms with E-state index in [4.69, 9.17) is 14.0 Å². The number of hydrogen-bond acceptors (Lipinski definition) is 7. The number of aromatic nitrogens is 1. The first-order valence-electron chi connectivity index (χ1n) is 10.4. The summed E-state index contributed by atoms with van der Waals surface area (Å²) in [6.45, 7) is 4.47. The maximum Gasteiger partial charge on any atom is 0.271 e. The van der Waals surface area contributed by atoms with Crippen molar-refractivity contribution in [3.63, 3.8) is 0 Å². The van der Waals surface area contributed by atoms with Gasteiger partial charge >= 0.3 is 0 Å². The van der Waals surface area contributed by atoms with E-state index >= 15 is 0 Å². The number of nitro benzene ring substituents is 1. The average molecular weight is 449 g/mol. The summed E-state index contributed by atoms with van der Waals surface area (Å²) >= 11 is 0. The van der Waals surface area contributed by atoms with Crippen LogP contribution in [0.2, 0.25) is 0 Å². The van der Waals surface area contributed by atoms with E-state index in [9.17, 15) is 14.9 Å². The molecule has 33 heavy (non-hydrogen) atoms. The fraction of sp³-hybridized carbons (Fsp3) is 0.250. The van der Waals surface area contributed by atoms with E-state index in [1.807, 2.05) is 19.9 Å². The third-order valence-electron chi connectivity index (χ3n) is 5.60. The zero-order valence-electron chi connectivity index (χ0n) is 18.5. The molecule has 1 amide bonds. The number of carbonyl (C=O) groups excluding carboxylic acids is 1. The van der Waals surface area contributed by atoms with Gasteiger partial charge in [-0.2, -0.15) is 0 Å². The Hall–Kier alpha value is -4.14. The molecule has 3 aromatic rings. The molecule has 0 aliphatic carbocycles. The lowest BCUT2D eigenvalue weighted by Crippen LogP contribution is -2.26. The van der Waals surface area contributed by atoms with Crippen molar-refractivity contribution in [1.29, 1.82) is 0 Å². The van der Waals surface area contributed by atoms with Crippen molar-refractivity contribution in [2.45, 2.75) is 26.9 Å². The van der Waals surface area contributed by atoms with Crippen LogP contribution in [-0.2, 0) is 17.8 Å². The minimum atomic E-state index is -0.460. The highest BCUT2D eigenvalue weighted by Gasteiger charge is 2.25. The molecule has 2 aromatic carbocycles. The number of methoxy groups -OCH3 is 1. The second kappa shape index (κ2) is 9.15. The highest BCUT2D eigenvalue weighted by Crippen LogP contribution is 2.33. The molecule has 0 spiro atoms. The minimum Gasteiger partial charge on any atom is -0.493 e. The number of amides is 1. The number of rotatable bonds is 7. The van der Waals surface area contributed by atoms with Gasteiger partial charge in [-0.25, -0.2) is 0 Å². The molecule has 0 fully saturated rings. The number of benzene rings is 2. The molecule has 0 saturated carbocycles. The Morgan fingerprint density at radius 1 is 1.24 bits per heavy atom. The Bertz CT molecular complexity index is 1230. The van der Waals surface area contributed by atoms with Crippen LogP contribution in [0.1, 0.15) is 28.1 Å². The van der Waals surface area contributed by atoms with Crippen molar-refractivity contribution in [3.05, 3.63) is 80.7 Å². The molecule has 1 aromatic heterocycles. The van der Waals surface area contributed by atoms with E-state index < -0.39 is 4.92 Å². The molecule has 0 atom stereocenters. The Balaban J connectivity index is 1.47. The molecular weight excluding hydrogens is 426 g/mol. The summed E-state index contributed by atoms with van der Waals surface area (Å²) in [5.74, 6) is 1.55. The molecule has 1 aliphatic heterocycles. The van der Waals surface area contributed by atoms with E-state index in [1.54, 1.807) is 36.3 Å². The van der Waals surface area contributed by atoms with Gasteiger partial charge in [0, 0.05) is 24.8 Å². The number of fused-ring (bicyclic) bond motifs is 1. The monoisotopic (exact) mass is 449 g/mol. The highest BCUT2D eigenvalue weighted by molar-refractivity contribution is 6.05. The van der Waals surface area contributed by atoms with Crippen LogP contribution in [-0.4, -0.2) is 29.6 Å². The average Bonchev–Trinajstić information content (AvgIpc) is 3.38. The topological polar surface area (TPSA) is 108 Å². The van der Waals surface area contributed by atoms with Crippen LogP contribution < -0.4 is 14.4 Å². The number of hydrogen-bond donors (Lipinski definition) is 0. The molecular formula is C24H23N3O6. The van der Waals surface area contributed by atoms with Gasteiger partial charge in [-0.05, 0) is 49.6 Å². The summed E-state index contributed by atoms with van der Waals surface area (Å²) in [4.78, 5) is 25.0. The first-order valence-corrected chi connectivity index (χ1v) is 10.4. The maximum atomic E-state index is 12.8. The van der Waals surface area contributed by atoms with Gasteiger partial charge in [-0.3, -0.25) is 14.9 Å². The normalized spacial score (nSPS) is 12.8. The summed E-state index contributed by atoms with van der Waals surface area (Å²) in [6, 6.07) is 9.98. The minimum absolute atomic E-state index is 0.0330. The van der Waals surface area contributed by atoms with Gasteiger partial charge in [-0.1, -0.05) is 17.3 Å². The number of non-ortho nitro benzene ring substituents is 1. The summed E-state index contributed by atoms with van der Waals surface area (Å²) in [6.07, 6.45) is 3.79. The summed E-state index contributed by atoms with van der Waals surface area (Å²) < 4.78 is 16.5. The zero-order valence-corrected chi connectivity index (χ0v) is 18.5. The SMILES string of the molecule is COc1cc(/C=C/C(=O)N2CCc3ccc([N+](=O)[O-])cc32)ccc1OCc1c(C)noc1C. The lowest BCUT2D eigenvalue weighted by atomic mass is 10.1. The molecule has 0 unspecified atom stereocenters. The van der Waals surface area contributed by atoms with Crippen molar-refractivity contribution >= 4 is 23.4 Å². The van der Waals surface area contributed by atoms with Crippen LogP contribution in [0.5, 0.6) is 11.5 Å². The molecule has 2 heterocycles. The molecule has 4 rings (SSSR count). The van der Waals surface area contributed by atoms with Crippen molar-refractivity contribution in [2.24, 2.45) is 0 Å². The second-order valence-electron chi connectivity index (χ2n) is 7.65. The van der Waals surface area contributed by atoms with Crippen LogP contribution in [0.15, 0.2) is 47.0 Å². The number of nitro groups is 1.